The number of hydrogen-bond donors (Lipinski definition) is 0. The van der Waals surface area contributed by atoms with Gasteiger partial charge in [-0.2, -0.15) is 9.36 Å². The number of hydrogen-bond acceptors (Lipinski definition) is 6. The van der Waals surface area contributed by atoms with Crippen molar-refractivity contribution in [1.82, 2.24) is 29.8 Å². The van der Waals surface area contributed by atoms with Crippen LogP contribution in [0.15, 0.2) is 35.4 Å². The molecule has 118 valence electrons. The summed E-state index contributed by atoms with van der Waals surface area (Å²) in [5.74, 6) is 0.352. The topological polar surface area (TPSA) is 87.7 Å². The Morgan fingerprint density at radius 1 is 1.26 bits per heavy atom. The fourth-order valence-corrected chi connectivity index (χ4v) is 2.22. The molecule has 0 saturated carbocycles. The van der Waals surface area contributed by atoms with Crippen LogP contribution in [-0.4, -0.2) is 29.8 Å². The highest BCUT2D eigenvalue weighted by Crippen LogP contribution is 2.19. The lowest BCUT2D eigenvalue weighted by Gasteiger charge is -2.12. The standard InChI is InChI=1S/C14H13ClN6O2/c1-9-4-3-5-11(21-14(22)20(2)18-19-21)10(9)7-23-13-6-12(15)16-8-17-13/h3-6,8H,7H2,1-2H3. The number of benzene rings is 1. The van der Waals surface area contributed by atoms with E-state index in [1.807, 2.05) is 19.1 Å². The van der Waals surface area contributed by atoms with E-state index in [2.05, 4.69) is 20.4 Å². The fourth-order valence-electron chi connectivity index (χ4n) is 2.08. The number of nitrogens with zero attached hydrogens (tertiary/aromatic N) is 6. The van der Waals surface area contributed by atoms with E-state index in [9.17, 15) is 4.79 Å². The molecule has 0 fully saturated rings. The van der Waals surface area contributed by atoms with Crippen LogP contribution in [0.2, 0.25) is 5.15 Å². The highest BCUT2D eigenvalue weighted by molar-refractivity contribution is 6.29. The predicted octanol–water partition coefficient (Wildman–Crippen LogP) is 1.30. The molecule has 3 rings (SSSR count). The Morgan fingerprint density at radius 2 is 2.09 bits per heavy atom. The molecule has 23 heavy (non-hydrogen) atoms. The van der Waals surface area contributed by atoms with Gasteiger partial charge in [0.15, 0.2) is 0 Å². The van der Waals surface area contributed by atoms with Gasteiger partial charge >= 0.3 is 5.69 Å². The van der Waals surface area contributed by atoms with Gasteiger partial charge in [-0.15, -0.1) is 0 Å². The molecular weight excluding hydrogens is 320 g/mol. The van der Waals surface area contributed by atoms with Crippen molar-refractivity contribution in [3.63, 3.8) is 0 Å². The Kier molecular flexibility index (Phi) is 4.07. The lowest BCUT2D eigenvalue weighted by molar-refractivity contribution is 0.292. The molecule has 0 N–H and O–H groups in total. The zero-order valence-corrected chi connectivity index (χ0v) is 13.2. The van der Waals surface area contributed by atoms with Crippen molar-refractivity contribution in [3.05, 3.63) is 57.4 Å². The predicted molar refractivity (Wildman–Crippen MR) is 82.7 cm³/mol. The Bertz CT molecular complexity index is 904. The van der Waals surface area contributed by atoms with Gasteiger partial charge in [0, 0.05) is 18.7 Å². The van der Waals surface area contributed by atoms with E-state index < -0.39 is 0 Å². The van der Waals surface area contributed by atoms with Crippen molar-refractivity contribution in [2.75, 3.05) is 0 Å². The smallest absolute Gasteiger partial charge is 0.368 e. The number of aromatic nitrogens is 6. The van der Waals surface area contributed by atoms with Crippen LogP contribution < -0.4 is 10.4 Å². The van der Waals surface area contributed by atoms with Gasteiger partial charge in [0.2, 0.25) is 5.88 Å². The minimum atomic E-state index is -0.332. The van der Waals surface area contributed by atoms with Crippen LogP contribution in [0.25, 0.3) is 5.69 Å². The van der Waals surface area contributed by atoms with E-state index >= 15 is 0 Å². The van der Waals surface area contributed by atoms with Gasteiger partial charge in [0.1, 0.15) is 18.1 Å². The molecule has 0 spiro atoms. The van der Waals surface area contributed by atoms with E-state index in [1.165, 1.54) is 17.1 Å². The number of aryl methyl sites for hydroxylation is 2. The third-order valence-corrected chi connectivity index (χ3v) is 3.52. The normalized spacial score (nSPS) is 10.7. The summed E-state index contributed by atoms with van der Waals surface area (Å²) in [5.41, 5.74) is 2.05. The summed E-state index contributed by atoms with van der Waals surface area (Å²) in [5, 5.41) is 7.90. The lowest BCUT2D eigenvalue weighted by atomic mass is 10.1. The zero-order valence-electron chi connectivity index (χ0n) is 12.5. The molecule has 3 aromatic rings. The molecule has 0 atom stereocenters. The Labute approximate surface area is 136 Å². The number of rotatable bonds is 4. The van der Waals surface area contributed by atoms with Crippen LogP contribution in [0, 0.1) is 6.92 Å². The van der Waals surface area contributed by atoms with Crippen LogP contribution in [-0.2, 0) is 13.7 Å². The summed E-state index contributed by atoms with van der Waals surface area (Å²) < 4.78 is 8.06. The monoisotopic (exact) mass is 332 g/mol. The van der Waals surface area contributed by atoms with Gasteiger partial charge in [-0.05, 0) is 29.0 Å². The molecule has 2 heterocycles. The van der Waals surface area contributed by atoms with Gasteiger partial charge < -0.3 is 4.74 Å². The van der Waals surface area contributed by atoms with Gasteiger partial charge in [0.25, 0.3) is 0 Å². The quantitative estimate of drug-likeness (QED) is 0.669. The Balaban J connectivity index is 1.96. The second-order valence-electron chi connectivity index (χ2n) is 4.84. The minimum Gasteiger partial charge on any atom is -0.473 e. The van der Waals surface area contributed by atoms with E-state index in [-0.39, 0.29) is 12.3 Å². The molecule has 0 unspecified atom stereocenters. The van der Waals surface area contributed by atoms with Crippen molar-refractivity contribution >= 4 is 11.6 Å². The number of tetrazole rings is 1. The summed E-state index contributed by atoms with van der Waals surface area (Å²) in [6.45, 7) is 2.13. The largest absolute Gasteiger partial charge is 0.473 e. The van der Waals surface area contributed by atoms with Gasteiger partial charge in [-0.1, -0.05) is 23.7 Å². The van der Waals surface area contributed by atoms with Crippen molar-refractivity contribution < 1.29 is 4.74 Å². The van der Waals surface area contributed by atoms with Gasteiger partial charge in [-0.25, -0.2) is 14.8 Å². The summed E-state index contributed by atoms with van der Waals surface area (Å²) in [6.07, 6.45) is 1.32. The number of halogens is 1. The molecule has 8 nitrogen and oxygen atoms in total. The lowest BCUT2D eigenvalue weighted by Crippen LogP contribution is -2.23. The molecule has 9 heteroatoms. The maximum atomic E-state index is 12.1. The molecular formula is C14H13ClN6O2. The molecule has 0 bridgehead atoms. The summed E-state index contributed by atoms with van der Waals surface area (Å²) in [4.78, 5) is 19.9. The maximum Gasteiger partial charge on any atom is 0.368 e. The van der Waals surface area contributed by atoms with Crippen LogP contribution in [0.3, 0.4) is 0 Å². The van der Waals surface area contributed by atoms with E-state index in [0.29, 0.717) is 16.7 Å². The second kappa shape index (κ2) is 6.17. The van der Waals surface area contributed by atoms with Crippen LogP contribution >= 0.6 is 11.6 Å². The summed E-state index contributed by atoms with van der Waals surface area (Å²) in [7, 11) is 1.54. The summed E-state index contributed by atoms with van der Waals surface area (Å²) >= 11 is 5.81. The molecule has 0 aliphatic rings. The van der Waals surface area contributed by atoms with E-state index in [4.69, 9.17) is 16.3 Å². The zero-order chi connectivity index (χ0) is 16.4. The first-order chi connectivity index (χ1) is 11.1. The molecule has 0 radical (unpaired) electrons. The first-order valence-corrected chi connectivity index (χ1v) is 7.12. The third kappa shape index (κ3) is 3.07. The van der Waals surface area contributed by atoms with Crippen LogP contribution in [0.4, 0.5) is 0 Å². The van der Waals surface area contributed by atoms with Crippen LogP contribution in [0.1, 0.15) is 11.1 Å². The van der Waals surface area contributed by atoms with E-state index in [0.717, 1.165) is 15.8 Å². The SMILES string of the molecule is Cc1cccc(-n2nnn(C)c2=O)c1COc1cc(Cl)ncn1. The second-order valence-corrected chi connectivity index (χ2v) is 5.22. The van der Waals surface area contributed by atoms with Crippen molar-refractivity contribution in [2.24, 2.45) is 7.05 Å². The summed E-state index contributed by atoms with van der Waals surface area (Å²) in [6, 6.07) is 7.08. The molecule has 0 amide bonds. The average Bonchev–Trinajstić information content (AvgIpc) is 2.86. The fraction of sp³-hybridized carbons (Fsp3) is 0.214. The van der Waals surface area contributed by atoms with Crippen LogP contribution in [0.5, 0.6) is 5.88 Å². The van der Waals surface area contributed by atoms with Crippen molar-refractivity contribution in [1.29, 1.82) is 0 Å². The highest BCUT2D eigenvalue weighted by Gasteiger charge is 2.13. The third-order valence-electron chi connectivity index (χ3n) is 3.31. The maximum absolute atomic E-state index is 12.1. The van der Waals surface area contributed by atoms with Gasteiger partial charge in [-0.3, -0.25) is 0 Å². The molecule has 2 aromatic heterocycles. The Morgan fingerprint density at radius 3 is 2.78 bits per heavy atom. The Hall–Kier alpha value is -2.74. The van der Waals surface area contributed by atoms with Gasteiger partial charge in [0.05, 0.1) is 5.69 Å². The van der Waals surface area contributed by atoms with E-state index in [1.54, 1.807) is 13.1 Å². The molecule has 0 saturated heterocycles. The van der Waals surface area contributed by atoms with Crippen molar-refractivity contribution in [3.8, 4) is 11.6 Å². The molecule has 1 aromatic carbocycles. The average molecular weight is 333 g/mol. The first-order valence-electron chi connectivity index (χ1n) is 6.74. The molecule has 0 aliphatic carbocycles. The van der Waals surface area contributed by atoms with Crippen molar-refractivity contribution in [2.45, 2.75) is 13.5 Å². The number of ether oxygens (including phenoxy) is 1. The molecule has 0 aliphatic heterocycles. The first kappa shape index (κ1) is 15.2. The highest BCUT2D eigenvalue weighted by atomic mass is 35.5. The minimum absolute atomic E-state index is 0.207.